The first-order valence-corrected chi connectivity index (χ1v) is 7.20. The van der Waals surface area contributed by atoms with Crippen LogP contribution in [0.1, 0.15) is 24.5 Å². The largest absolute Gasteiger partial charge is 0.497 e. The second-order valence-electron chi connectivity index (χ2n) is 5.08. The molecule has 2 rings (SSSR count). The van der Waals surface area contributed by atoms with Gasteiger partial charge >= 0.3 is 0 Å². The molecule has 0 aliphatic rings. The first kappa shape index (κ1) is 15.3. The van der Waals surface area contributed by atoms with Crippen LogP contribution >= 0.6 is 0 Å². The molecule has 0 fully saturated rings. The summed E-state index contributed by atoms with van der Waals surface area (Å²) < 4.78 is 7.08. The molecular formula is C17H22N2O2. The third-order valence-corrected chi connectivity index (χ3v) is 3.64. The van der Waals surface area contributed by atoms with Gasteiger partial charge in [-0.15, -0.1) is 0 Å². The topological polar surface area (TPSA) is 57.2 Å². The van der Waals surface area contributed by atoms with Crippen molar-refractivity contribution in [2.24, 2.45) is 5.73 Å². The third-order valence-electron chi connectivity index (χ3n) is 3.64. The molecule has 1 aromatic heterocycles. The second kappa shape index (κ2) is 6.59. The number of hydrogen-bond donors (Lipinski definition) is 1. The molecule has 0 unspecified atom stereocenters. The Morgan fingerprint density at radius 1 is 1.29 bits per heavy atom. The van der Waals surface area contributed by atoms with Gasteiger partial charge in [0.2, 0.25) is 0 Å². The Balaban J connectivity index is 2.69. The third kappa shape index (κ3) is 3.00. The fourth-order valence-electron chi connectivity index (χ4n) is 2.53. The van der Waals surface area contributed by atoms with Crippen molar-refractivity contribution < 1.29 is 4.74 Å². The monoisotopic (exact) mass is 286 g/mol. The lowest BCUT2D eigenvalue weighted by molar-refractivity contribution is 0.415. The van der Waals surface area contributed by atoms with Crippen molar-refractivity contribution in [1.29, 1.82) is 0 Å². The van der Waals surface area contributed by atoms with Gasteiger partial charge in [-0.2, -0.15) is 0 Å². The van der Waals surface area contributed by atoms with Crippen LogP contribution in [0.15, 0.2) is 35.1 Å². The van der Waals surface area contributed by atoms with Crippen molar-refractivity contribution in [2.75, 3.05) is 7.11 Å². The number of pyridine rings is 1. The van der Waals surface area contributed by atoms with E-state index in [1.54, 1.807) is 7.11 Å². The first-order chi connectivity index (χ1) is 10.1. The summed E-state index contributed by atoms with van der Waals surface area (Å²) in [6, 6.07) is 9.80. The van der Waals surface area contributed by atoms with Crippen molar-refractivity contribution >= 4 is 0 Å². The summed E-state index contributed by atoms with van der Waals surface area (Å²) in [6.45, 7) is 4.94. The van der Waals surface area contributed by atoms with Gasteiger partial charge in [0, 0.05) is 24.2 Å². The SMILES string of the molecule is CCCn1c(-c2cccc(OC)c2)cc(C)c(CN)c1=O. The van der Waals surface area contributed by atoms with E-state index in [0.717, 1.165) is 29.0 Å². The number of hydrogen-bond acceptors (Lipinski definition) is 3. The number of aryl methyl sites for hydroxylation is 1. The van der Waals surface area contributed by atoms with Crippen LogP contribution in [0.3, 0.4) is 0 Å². The molecule has 4 heteroatoms. The lowest BCUT2D eigenvalue weighted by Gasteiger charge is -2.16. The highest BCUT2D eigenvalue weighted by atomic mass is 16.5. The van der Waals surface area contributed by atoms with Crippen LogP contribution in [0.2, 0.25) is 0 Å². The van der Waals surface area contributed by atoms with Crippen LogP contribution in [0.4, 0.5) is 0 Å². The number of ether oxygens (including phenoxy) is 1. The maximum atomic E-state index is 12.6. The Kier molecular flexibility index (Phi) is 4.81. The van der Waals surface area contributed by atoms with Gasteiger partial charge in [-0.3, -0.25) is 4.79 Å². The normalized spacial score (nSPS) is 10.7. The van der Waals surface area contributed by atoms with Gasteiger partial charge < -0.3 is 15.0 Å². The van der Waals surface area contributed by atoms with Gasteiger partial charge in [-0.05, 0) is 37.1 Å². The summed E-state index contributed by atoms with van der Waals surface area (Å²) in [7, 11) is 1.64. The Labute approximate surface area is 125 Å². The van der Waals surface area contributed by atoms with E-state index < -0.39 is 0 Å². The number of rotatable bonds is 5. The summed E-state index contributed by atoms with van der Waals surface area (Å²) >= 11 is 0. The molecule has 0 bridgehead atoms. The van der Waals surface area contributed by atoms with Crippen LogP contribution in [-0.2, 0) is 13.1 Å². The van der Waals surface area contributed by atoms with E-state index in [2.05, 4.69) is 6.92 Å². The van der Waals surface area contributed by atoms with Gasteiger partial charge in [0.1, 0.15) is 5.75 Å². The van der Waals surface area contributed by atoms with Crippen LogP contribution in [0.5, 0.6) is 5.75 Å². The lowest BCUT2D eigenvalue weighted by Crippen LogP contribution is -2.28. The molecule has 2 N–H and O–H groups in total. The second-order valence-corrected chi connectivity index (χ2v) is 5.08. The van der Waals surface area contributed by atoms with E-state index in [1.165, 1.54) is 0 Å². The standard InChI is InChI=1S/C17H22N2O2/c1-4-8-19-16(9-12(2)15(11-18)17(19)20)13-6-5-7-14(10-13)21-3/h5-7,9-10H,4,8,11,18H2,1-3H3. The molecule has 0 atom stereocenters. The molecule has 2 aromatic rings. The van der Waals surface area contributed by atoms with E-state index in [-0.39, 0.29) is 12.1 Å². The molecule has 1 heterocycles. The van der Waals surface area contributed by atoms with Crippen molar-refractivity contribution in [3.63, 3.8) is 0 Å². The molecule has 0 aliphatic heterocycles. The highest BCUT2D eigenvalue weighted by Gasteiger charge is 2.13. The van der Waals surface area contributed by atoms with E-state index in [1.807, 2.05) is 41.8 Å². The molecule has 0 radical (unpaired) electrons. The number of benzene rings is 1. The van der Waals surface area contributed by atoms with Crippen LogP contribution in [-0.4, -0.2) is 11.7 Å². The summed E-state index contributed by atoms with van der Waals surface area (Å²) in [5.41, 5.74) is 9.25. The summed E-state index contributed by atoms with van der Waals surface area (Å²) in [5, 5.41) is 0. The average molecular weight is 286 g/mol. The fraction of sp³-hybridized carbons (Fsp3) is 0.353. The summed E-state index contributed by atoms with van der Waals surface area (Å²) in [5.74, 6) is 0.781. The van der Waals surface area contributed by atoms with E-state index >= 15 is 0 Å². The molecule has 0 aliphatic carbocycles. The highest BCUT2D eigenvalue weighted by Crippen LogP contribution is 2.24. The van der Waals surface area contributed by atoms with E-state index in [4.69, 9.17) is 10.5 Å². The van der Waals surface area contributed by atoms with Crippen molar-refractivity contribution in [1.82, 2.24) is 4.57 Å². The predicted octanol–water partition coefficient (Wildman–Crippen LogP) is 2.70. The number of nitrogens with two attached hydrogens (primary N) is 1. The molecule has 0 saturated heterocycles. The lowest BCUT2D eigenvalue weighted by atomic mass is 10.0. The number of methoxy groups -OCH3 is 1. The molecule has 0 spiro atoms. The van der Waals surface area contributed by atoms with Crippen LogP contribution < -0.4 is 16.0 Å². The number of aromatic nitrogens is 1. The highest BCUT2D eigenvalue weighted by molar-refractivity contribution is 5.63. The molecule has 0 saturated carbocycles. The van der Waals surface area contributed by atoms with Gasteiger partial charge in [-0.25, -0.2) is 0 Å². The molecule has 1 aromatic carbocycles. The van der Waals surface area contributed by atoms with Crippen molar-refractivity contribution in [3.05, 3.63) is 51.8 Å². The predicted molar refractivity (Wildman–Crippen MR) is 85.6 cm³/mol. The van der Waals surface area contributed by atoms with Gasteiger partial charge in [0.05, 0.1) is 12.8 Å². The van der Waals surface area contributed by atoms with Crippen LogP contribution in [0, 0.1) is 6.92 Å². The maximum absolute atomic E-state index is 12.6. The molecule has 4 nitrogen and oxygen atoms in total. The number of nitrogens with zero attached hydrogens (tertiary/aromatic N) is 1. The Bertz CT molecular complexity index is 690. The van der Waals surface area contributed by atoms with Gasteiger partial charge in [0.15, 0.2) is 0 Å². The van der Waals surface area contributed by atoms with Crippen LogP contribution in [0.25, 0.3) is 11.3 Å². The minimum Gasteiger partial charge on any atom is -0.497 e. The zero-order valence-electron chi connectivity index (χ0n) is 12.8. The zero-order valence-corrected chi connectivity index (χ0v) is 12.8. The molecule has 0 amide bonds. The fourth-order valence-corrected chi connectivity index (χ4v) is 2.53. The maximum Gasteiger partial charge on any atom is 0.255 e. The minimum atomic E-state index is 0.0113. The van der Waals surface area contributed by atoms with Gasteiger partial charge in [0.25, 0.3) is 5.56 Å². The first-order valence-electron chi connectivity index (χ1n) is 7.20. The average Bonchev–Trinajstić information content (AvgIpc) is 2.50. The zero-order chi connectivity index (χ0) is 15.4. The van der Waals surface area contributed by atoms with E-state index in [0.29, 0.717) is 12.1 Å². The molecular weight excluding hydrogens is 264 g/mol. The van der Waals surface area contributed by atoms with Crippen molar-refractivity contribution in [2.45, 2.75) is 33.4 Å². The molecule has 112 valence electrons. The Morgan fingerprint density at radius 3 is 2.67 bits per heavy atom. The van der Waals surface area contributed by atoms with Crippen molar-refractivity contribution in [3.8, 4) is 17.0 Å². The Hall–Kier alpha value is -2.07. The Morgan fingerprint density at radius 2 is 2.05 bits per heavy atom. The smallest absolute Gasteiger partial charge is 0.255 e. The summed E-state index contributed by atoms with van der Waals surface area (Å²) in [4.78, 5) is 12.6. The van der Waals surface area contributed by atoms with Gasteiger partial charge in [-0.1, -0.05) is 19.1 Å². The van der Waals surface area contributed by atoms with E-state index in [9.17, 15) is 4.79 Å². The summed E-state index contributed by atoms with van der Waals surface area (Å²) in [6.07, 6.45) is 0.893. The minimum absolute atomic E-state index is 0.0113. The quantitative estimate of drug-likeness (QED) is 0.919. The molecule has 21 heavy (non-hydrogen) atoms.